The molecule has 1 N–H and O–H groups in total. The maximum absolute atomic E-state index is 5.47. The average Bonchev–Trinajstić information content (AvgIpc) is 2.92. The van der Waals surface area contributed by atoms with Crippen molar-refractivity contribution in [2.45, 2.75) is 13.5 Å². The van der Waals surface area contributed by atoms with E-state index in [0.29, 0.717) is 0 Å². The van der Waals surface area contributed by atoms with E-state index in [9.17, 15) is 0 Å². The summed E-state index contributed by atoms with van der Waals surface area (Å²) in [5, 5.41) is 3.49. The van der Waals surface area contributed by atoms with Gasteiger partial charge in [0.2, 0.25) is 0 Å². The van der Waals surface area contributed by atoms with Crippen molar-refractivity contribution in [2.24, 2.45) is 11.8 Å². The summed E-state index contributed by atoms with van der Waals surface area (Å²) in [6.07, 6.45) is 0. The maximum atomic E-state index is 5.47. The zero-order valence-corrected chi connectivity index (χ0v) is 11.1. The summed E-state index contributed by atoms with van der Waals surface area (Å²) in [6, 6.07) is 8.54. The van der Waals surface area contributed by atoms with Crippen LogP contribution < -0.4 is 10.1 Å². The molecule has 0 aliphatic carbocycles. The molecule has 2 saturated heterocycles. The number of nitrogens with one attached hydrogen (secondary N) is 1. The molecule has 2 unspecified atom stereocenters. The Balaban J connectivity index is 1.56. The van der Waals surface area contributed by atoms with E-state index in [1.54, 1.807) is 0 Å². The summed E-state index contributed by atoms with van der Waals surface area (Å²) in [4.78, 5) is 2.59. The second-order valence-electron chi connectivity index (χ2n) is 5.45. The van der Waals surface area contributed by atoms with E-state index in [1.807, 2.05) is 6.92 Å². The van der Waals surface area contributed by atoms with Crippen molar-refractivity contribution in [1.29, 1.82) is 0 Å². The first-order chi connectivity index (χ1) is 8.85. The van der Waals surface area contributed by atoms with Gasteiger partial charge in [-0.05, 0) is 49.5 Å². The molecule has 0 saturated carbocycles. The highest BCUT2D eigenvalue weighted by molar-refractivity contribution is 5.27. The highest BCUT2D eigenvalue weighted by Gasteiger charge is 2.35. The Kier molecular flexibility index (Phi) is 3.52. The molecule has 3 nitrogen and oxygen atoms in total. The second-order valence-corrected chi connectivity index (χ2v) is 5.45. The molecule has 98 valence electrons. The van der Waals surface area contributed by atoms with E-state index in [4.69, 9.17) is 4.74 Å². The summed E-state index contributed by atoms with van der Waals surface area (Å²) in [5.74, 6) is 2.74. The molecule has 2 aliphatic rings. The van der Waals surface area contributed by atoms with Crippen LogP contribution in [0, 0.1) is 11.8 Å². The predicted molar refractivity (Wildman–Crippen MR) is 72.7 cm³/mol. The molecule has 2 fully saturated rings. The number of hydrogen-bond acceptors (Lipinski definition) is 3. The minimum atomic E-state index is 0.738. The van der Waals surface area contributed by atoms with Gasteiger partial charge in [-0.1, -0.05) is 12.1 Å². The van der Waals surface area contributed by atoms with Gasteiger partial charge in [-0.3, -0.25) is 4.90 Å². The zero-order chi connectivity index (χ0) is 12.4. The standard InChI is InChI=1S/C15H22N2O/c1-2-18-15-5-3-12(4-6-15)9-17-10-13-7-16-8-14(13)11-17/h3-6,13-14,16H,2,7-11H2,1H3. The molecule has 1 aromatic carbocycles. The molecule has 2 atom stereocenters. The molecule has 0 spiro atoms. The molecule has 0 amide bonds. The third kappa shape index (κ3) is 2.52. The quantitative estimate of drug-likeness (QED) is 0.876. The predicted octanol–water partition coefficient (Wildman–Crippen LogP) is 1.74. The summed E-state index contributed by atoms with van der Waals surface area (Å²) in [5.41, 5.74) is 1.39. The highest BCUT2D eigenvalue weighted by atomic mass is 16.5. The lowest BCUT2D eigenvalue weighted by Gasteiger charge is -2.17. The van der Waals surface area contributed by atoms with Crippen LogP contribution in [0.3, 0.4) is 0 Å². The molecule has 0 bridgehead atoms. The number of hydrogen-bond donors (Lipinski definition) is 1. The molecular weight excluding hydrogens is 224 g/mol. The number of rotatable bonds is 4. The molecule has 3 heteroatoms. The minimum absolute atomic E-state index is 0.738. The smallest absolute Gasteiger partial charge is 0.119 e. The molecule has 0 radical (unpaired) electrons. The van der Waals surface area contributed by atoms with Crippen LogP contribution in [0.2, 0.25) is 0 Å². The topological polar surface area (TPSA) is 24.5 Å². The van der Waals surface area contributed by atoms with E-state index in [1.165, 1.54) is 31.7 Å². The fourth-order valence-electron chi connectivity index (χ4n) is 3.20. The third-order valence-electron chi connectivity index (χ3n) is 4.11. The SMILES string of the molecule is CCOc1ccc(CN2CC3CNCC3C2)cc1. The Bertz CT molecular complexity index is 378. The lowest BCUT2D eigenvalue weighted by molar-refractivity contribution is 0.305. The number of benzene rings is 1. The first-order valence-corrected chi connectivity index (χ1v) is 7.00. The van der Waals surface area contributed by atoms with Gasteiger partial charge in [-0.2, -0.15) is 0 Å². The van der Waals surface area contributed by atoms with E-state index in [2.05, 4.69) is 34.5 Å². The summed E-state index contributed by atoms with van der Waals surface area (Å²) in [7, 11) is 0. The van der Waals surface area contributed by atoms with Crippen molar-refractivity contribution in [1.82, 2.24) is 10.2 Å². The normalized spacial score (nSPS) is 27.4. The van der Waals surface area contributed by atoms with Gasteiger partial charge >= 0.3 is 0 Å². The first-order valence-electron chi connectivity index (χ1n) is 7.00. The van der Waals surface area contributed by atoms with Gasteiger partial charge in [0.1, 0.15) is 5.75 Å². The lowest BCUT2D eigenvalue weighted by Crippen LogP contribution is -2.25. The van der Waals surface area contributed by atoms with E-state index >= 15 is 0 Å². The first kappa shape index (κ1) is 12.0. The van der Waals surface area contributed by atoms with Crippen LogP contribution in [0.25, 0.3) is 0 Å². The lowest BCUT2D eigenvalue weighted by atomic mass is 10.0. The Labute approximate surface area is 109 Å². The molecule has 2 aliphatic heterocycles. The number of likely N-dealkylation sites (tertiary alicyclic amines) is 1. The van der Waals surface area contributed by atoms with Gasteiger partial charge in [-0.25, -0.2) is 0 Å². The number of ether oxygens (including phenoxy) is 1. The van der Waals surface area contributed by atoms with Crippen molar-refractivity contribution >= 4 is 0 Å². The summed E-state index contributed by atoms with van der Waals surface area (Å²) < 4.78 is 5.47. The number of nitrogens with zero attached hydrogens (tertiary/aromatic N) is 1. The summed E-state index contributed by atoms with van der Waals surface area (Å²) >= 11 is 0. The summed E-state index contributed by atoms with van der Waals surface area (Å²) in [6.45, 7) is 8.77. The van der Waals surface area contributed by atoms with E-state index in [-0.39, 0.29) is 0 Å². The fourth-order valence-corrected chi connectivity index (χ4v) is 3.20. The minimum Gasteiger partial charge on any atom is -0.494 e. The monoisotopic (exact) mass is 246 g/mol. The van der Waals surface area contributed by atoms with Gasteiger partial charge in [0.15, 0.2) is 0 Å². The van der Waals surface area contributed by atoms with Crippen LogP contribution >= 0.6 is 0 Å². The van der Waals surface area contributed by atoms with Crippen LogP contribution in [0.5, 0.6) is 5.75 Å². The van der Waals surface area contributed by atoms with Gasteiger partial charge < -0.3 is 10.1 Å². The molecule has 2 heterocycles. The zero-order valence-electron chi connectivity index (χ0n) is 11.1. The fraction of sp³-hybridized carbons (Fsp3) is 0.600. The van der Waals surface area contributed by atoms with Crippen LogP contribution in [-0.4, -0.2) is 37.7 Å². The highest BCUT2D eigenvalue weighted by Crippen LogP contribution is 2.27. The van der Waals surface area contributed by atoms with Crippen LogP contribution in [0.15, 0.2) is 24.3 Å². The van der Waals surface area contributed by atoms with Crippen molar-refractivity contribution in [3.05, 3.63) is 29.8 Å². The van der Waals surface area contributed by atoms with Crippen molar-refractivity contribution in [3.63, 3.8) is 0 Å². The van der Waals surface area contributed by atoms with E-state index in [0.717, 1.165) is 30.7 Å². The van der Waals surface area contributed by atoms with Crippen molar-refractivity contribution in [3.8, 4) is 5.75 Å². The van der Waals surface area contributed by atoms with Gasteiger partial charge in [0.25, 0.3) is 0 Å². The number of fused-ring (bicyclic) bond motifs is 1. The largest absolute Gasteiger partial charge is 0.494 e. The maximum Gasteiger partial charge on any atom is 0.119 e. The van der Waals surface area contributed by atoms with Crippen LogP contribution in [-0.2, 0) is 6.54 Å². The van der Waals surface area contributed by atoms with Crippen molar-refractivity contribution in [2.75, 3.05) is 32.8 Å². The molecule has 18 heavy (non-hydrogen) atoms. The van der Waals surface area contributed by atoms with Gasteiger partial charge in [0, 0.05) is 19.6 Å². The Morgan fingerprint density at radius 3 is 2.44 bits per heavy atom. The Hall–Kier alpha value is -1.06. The van der Waals surface area contributed by atoms with Crippen LogP contribution in [0.1, 0.15) is 12.5 Å². The molecule has 1 aromatic rings. The van der Waals surface area contributed by atoms with Gasteiger partial charge in [-0.15, -0.1) is 0 Å². The second kappa shape index (κ2) is 5.29. The molecule has 0 aromatic heterocycles. The Morgan fingerprint density at radius 1 is 1.17 bits per heavy atom. The third-order valence-corrected chi connectivity index (χ3v) is 4.11. The molecule has 3 rings (SSSR count). The van der Waals surface area contributed by atoms with Gasteiger partial charge in [0.05, 0.1) is 6.61 Å². The molecular formula is C15H22N2O. The van der Waals surface area contributed by atoms with E-state index < -0.39 is 0 Å². The van der Waals surface area contributed by atoms with Crippen LogP contribution in [0.4, 0.5) is 0 Å². The average molecular weight is 246 g/mol. The van der Waals surface area contributed by atoms with Crippen molar-refractivity contribution < 1.29 is 4.74 Å². The Morgan fingerprint density at radius 2 is 1.83 bits per heavy atom.